The van der Waals surface area contributed by atoms with E-state index in [9.17, 15) is 14.4 Å². The number of carbonyl (C=O) groups excluding carboxylic acids is 3. The number of carbonyl (C=O) groups is 3. The Morgan fingerprint density at radius 1 is 1.03 bits per heavy atom. The van der Waals surface area contributed by atoms with Crippen molar-refractivity contribution in [1.29, 1.82) is 0 Å². The Labute approximate surface area is 219 Å². The maximum absolute atomic E-state index is 12.9. The number of ether oxygens (including phenoxy) is 3. The molecule has 0 N–H and O–H groups in total. The lowest BCUT2D eigenvalue weighted by Crippen LogP contribution is -2.44. The van der Waals surface area contributed by atoms with Gasteiger partial charge in [-0.2, -0.15) is 0 Å². The minimum absolute atomic E-state index is 0.0274. The number of rotatable bonds is 7. The molecule has 2 amide bonds. The van der Waals surface area contributed by atoms with Crippen LogP contribution in [0.1, 0.15) is 72.1 Å². The van der Waals surface area contributed by atoms with E-state index in [0.717, 1.165) is 16.2 Å². The average molecular weight is 514 g/mol. The van der Waals surface area contributed by atoms with Crippen LogP contribution in [0.4, 0.5) is 9.59 Å². The average Bonchev–Trinajstić information content (AvgIpc) is 3.29. The molecular weight excluding hydrogens is 474 g/mol. The van der Waals surface area contributed by atoms with Crippen LogP contribution < -0.4 is 0 Å². The number of hydrogen-bond acceptors (Lipinski definition) is 7. The smallest absolute Gasteiger partial charge is 0.419 e. The molecule has 0 radical (unpaired) electrons. The first-order chi connectivity index (χ1) is 17.2. The summed E-state index contributed by atoms with van der Waals surface area (Å²) in [5, 5.41) is 0. The van der Waals surface area contributed by atoms with Crippen molar-refractivity contribution in [2.45, 2.75) is 84.3 Å². The Kier molecular flexibility index (Phi) is 8.05. The predicted molar refractivity (Wildman–Crippen MR) is 139 cm³/mol. The molecule has 0 saturated heterocycles. The molecule has 9 heteroatoms. The number of aromatic nitrogens is 2. The molecule has 1 aliphatic carbocycles. The number of benzene rings is 1. The number of esters is 1. The van der Waals surface area contributed by atoms with Gasteiger partial charge in [0.2, 0.25) is 0 Å². The number of hydrogen-bond donors (Lipinski definition) is 0. The maximum Gasteiger partial charge on any atom is 0.419 e. The van der Waals surface area contributed by atoms with E-state index in [-0.39, 0.29) is 18.4 Å². The molecule has 3 rings (SSSR count). The zero-order valence-electron chi connectivity index (χ0n) is 23.2. The Balaban J connectivity index is 1.72. The van der Waals surface area contributed by atoms with Crippen molar-refractivity contribution in [3.63, 3.8) is 0 Å². The van der Waals surface area contributed by atoms with Crippen LogP contribution in [0.25, 0.3) is 5.69 Å². The van der Waals surface area contributed by atoms with Crippen molar-refractivity contribution >= 4 is 18.2 Å². The fraction of sp³-hybridized carbons (Fsp3) is 0.571. The minimum atomic E-state index is -0.840. The van der Waals surface area contributed by atoms with Gasteiger partial charge in [0.05, 0.1) is 19.1 Å². The summed E-state index contributed by atoms with van der Waals surface area (Å²) in [7, 11) is 1.38. The van der Waals surface area contributed by atoms with Gasteiger partial charge in [0.25, 0.3) is 0 Å². The normalized spacial score (nSPS) is 19.2. The third-order valence-electron chi connectivity index (χ3n) is 6.19. The molecule has 0 aliphatic heterocycles. The minimum Gasteiger partial charge on any atom is -0.468 e. The molecule has 0 bridgehead atoms. The summed E-state index contributed by atoms with van der Waals surface area (Å²) in [6.45, 7) is 12.6. The van der Waals surface area contributed by atoms with Crippen molar-refractivity contribution in [3.05, 3.63) is 48.0 Å². The second-order valence-corrected chi connectivity index (χ2v) is 11.6. The van der Waals surface area contributed by atoms with E-state index in [4.69, 9.17) is 14.2 Å². The van der Waals surface area contributed by atoms with Gasteiger partial charge in [-0.15, -0.1) is 0 Å². The van der Waals surface area contributed by atoms with E-state index in [1.165, 1.54) is 7.11 Å². The van der Waals surface area contributed by atoms with Crippen LogP contribution in [-0.2, 0) is 24.4 Å². The van der Waals surface area contributed by atoms with Gasteiger partial charge in [0, 0.05) is 18.4 Å². The highest BCUT2D eigenvalue weighted by Crippen LogP contribution is 2.57. The molecule has 1 heterocycles. The van der Waals surface area contributed by atoms with Crippen LogP contribution in [0.5, 0.6) is 0 Å². The molecule has 2 aromatic rings. The Bertz CT molecular complexity index is 1100. The summed E-state index contributed by atoms with van der Waals surface area (Å²) in [6.07, 6.45) is 3.71. The Morgan fingerprint density at radius 2 is 1.59 bits per heavy atom. The van der Waals surface area contributed by atoms with Crippen LogP contribution in [0.2, 0.25) is 0 Å². The fourth-order valence-electron chi connectivity index (χ4n) is 4.33. The molecule has 9 nitrogen and oxygen atoms in total. The van der Waals surface area contributed by atoms with Crippen LogP contribution >= 0.6 is 0 Å². The van der Waals surface area contributed by atoms with Gasteiger partial charge in [0.15, 0.2) is 0 Å². The molecule has 2 atom stereocenters. The zero-order chi connectivity index (χ0) is 27.6. The zero-order valence-corrected chi connectivity index (χ0v) is 23.2. The topological polar surface area (TPSA) is 100.0 Å². The van der Waals surface area contributed by atoms with Gasteiger partial charge in [-0.05, 0) is 85.8 Å². The first kappa shape index (κ1) is 28.2. The molecule has 37 heavy (non-hydrogen) atoms. The number of nitrogens with zero attached hydrogens (tertiary/aromatic N) is 3. The summed E-state index contributed by atoms with van der Waals surface area (Å²) in [5.41, 5.74) is 0.402. The van der Waals surface area contributed by atoms with E-state index in [0.29, 0.717) is 25.0 Å². The standard InChI is InChI=1S/C28H39N3O6/c1-19-11-13-21(14-12-19)30-17-22(29-18-30)28(23(32)35-8)16-20(28)10-9-15-31(24(33)36-26(2,3)4)25(34)37-27(5,6)7/h11-14,17-18,20H,9-10,15-16H2,1-8H3/t20-,28+/m0/s1. The van der Waals surface area contributed by atoms with Crippen molar-refractivity contribution in [1.82, 2.24) is 14.5 Å². The highest BCUT2D eigenvalue weighted by Gasteiger charge is 2.63. The molecule has 202 valence electrons. The van der Waals surface area contributed by atoms with Gasteiger partial charge in [-0.25, -0.2) is 19.5 Å². The fourth-order valence-corrected chi connectivity index (χ4v) is 4.33. The maximum atomic E-state index is 12.9. The molecule has 1 saturated carbocycles. The summed E-state index contributed by atoms with van der Waals surface area (Å²) in [6, 6.07) is 8.04. The summed E-state index contributed by atoms with van der Waals surface area (Å²) in [4.78, 5) is 43.9. The van der Waals surface area contributed by atoms with Crippen molar-refractivity contribution < 1.29 is 28.6 Å². The Morgan fingerprint density at radius 3 is 2.11 bits per heavy atom. The van der Waals surface area contributed by atoms with Gasteiger partial charge in [0.1, 0.15) is 16.6 Å². The van der Waals surface area contributed by atoms with Gasteiger partial charge < -0.3 is 18.8 Å². The quantitative estimate of drug-likeness (QED) is 0.353. The number of imidazole rings is 1. The van der Waals surface area contributed by atoms with E-state index in [2.05, 4.69) is 4.98 Å². The number of amides is 2. The number of methoxy groups -OCH3 is 1. The highest BCUT2D eigenvalue weighted by molar-refractivity contribution is 5.88. The lowest BCUT2D eigenvalue weighted by molar-refractivity contribution is -0.144. The molecular formula is C28H39N3O6. The third-order valence-corrected chi connectivity index (χ3v) is 6.19. The largest absolute Gasteiger partial charge is 0.468 e. The molecule has 0 unspecified atom stereocenters. The molecule has 1 aromatic heterocycles. The lowest BCUT2D eigenvalue weighted by atomic mass is 9.97. The lowest BCUT2D eigenvalue weighted by Gasteiger charge is -2.28. The second-order valence-electron chi connectivity index (χ2n) is 11.6. The molecule has 1 aromatic carbocycles. The van der Waals surface area contributed by atoms with E-state index in [1.807, 2.05) is 42.0 Å². The van der Waals surface area contributed by atoms with Gasteiger partial charge in [-0.1, -0.05) is 17.7 Å². The SMILES string of the molecule is COC(=O)[C@]1(c2cn(-c3ccc(C)cc3)cn2)C[C@@H]1CCCN(C(=O)OC(C)(C)C)C(=O)OC(C)(C)C. The van der Waals surface area contributed by atoms with Gasteiger partial charge in [-0.3, -0.25) is 4.79 Å². The van der Waals surface area contributed by atoms with E-state index < -0.39 is 28.8 Å². The second kappa shape index (κ2) is 10.6. The monoisotopic (exact) mass is 513 g/mol. The van der Waals surface area contributed by atoms with Crippen LogP contribution in [-0.4, -0.2) is 57.5 Å². The van der Waals surface area contributed by atoms with Crippen molar-refractivity contribution in [3.8, 4) is 5.69 Å². The summed E-state index contributed by atoms with van der Waals surface area (Å²) >= 11 is 0. The first-order valence-electron chi connectivity index (χ1n) is 12.6. The molecule has 1 aliphatic rings. The van der Waals surface area contributed by atoms with Gasteiger partial charge >= 0.3 is 18.2 Å². The first-order valence-corrected chi connectivity index (χ1v) is 12.6. The number of imide groups is 1. The summed E-state index contributed by atoms with van der Waals surface area (Å²) in [5.74, 6) is -0.358. The summed E-state index contributed by atoms with van der Waals surface area (Å²) < 4.78 is 17.9. The van der Waals surface area contributed by atoms with E-state index >= 15 is 0 Å². The number of aryl methyl sites for hydroxylation is 1. The van der Waals surface area contributed by atoms with E-state index in [1.54, 1.807) is 47.9 Å². The predicted octanol–water partition coefficient (Wildman–Crippen LogP) is 5.56. The Hall–Kier alpha value is -3.36. The van der Waals surface area contributed by atoms with Crippen LogP contribution in [0.3, 0.4) is 0 Å². The van der Waals surface area contributed by atoms with Crippen molar-refractivity contribution in [2.75, 3.05) is 13.7 Å². The van der Waals surface area contributed by atoms with Crippen LogP contribution in [0.15, 0.2) is 36.8 Å². The highest BCUT2D eigenvalue weighted by atomic mass is 16.6. The molecule has 1 fully saturated rings. The molecule has 0 spiro atoms. The van der Waals surface area contributed by atoms with Crippen LogP contribution in [0, 0.1) is 12.8 Å². The van der Waals surface area contributed by atoms with Crippen molar-refractivity contribution in [2.24, 2.45) is 5.92 Å². The third kappa shape index (κ3) is 6.90.